The van der Waals surface area contributed by atoms with Gasteiger partial charge in [-0.3, -0.25) is 14.5 Å². The Bertz CT molecular complexity index is 680. The summed E-state index contributed by atoms with van der Waals surface area (Å²) in [6.45, 7) is -0.484. The highest BCUT2D eigenvalue weighted by atomic mass is 16.5. The van der Waals surface area contributed by atoms with Gasteiger partial charge in [0.2, 0.25) is 0 Å². The standard InChI is InChI=1S/C14H11NO4/c16-12-8-19-14-10-4-2-1-3-9(10)5-6-11(14)15(12)7-13(17)18/h1-6H,7-8H2,(H,17,18). The molecule has 0 atom stereocenters. The number of amides is 1. The fourth-order valence-electron chi connectivity index (χ4n) is 2.25. The summed E-state index contributed by atoms with van der Waals surface area (Å²) >= 11 is 0. The zero-order valence-corrected chi connectivity index (χ0v) is 10.00. The molecule has 5 heteroatoms. The highest BCUT2D eigenvalue weighted by Crippen LogP contribution is 2.38. The van der Waals surface area contributed by atoms with Gasteiger partial charge in [-0.2, -0.15) is 0 Å². The predicted molar refractivity (Wildman–Crippen MR) is 69.4 cm³/mol. The van der Waals surface area contributed by atoms with E-state index in [1.807, 2.05) is 30.3 Å². The molecule has 0 radical (unpaired) electrons. The maximum atomic E-state index is 11.8. The first-order chi connectivity index (χ1) is 9.16. The lowest BCUT2D eigenvalue weighted by Gasteiger charge is -2.28. The number of hydrogen-bond acceptors (Lipinski definition) is 3. The van der Waals surface area contributed by atoms with Gasteiger partial charge in [-0.05, 0) is 11.5 Å². The lowest BCUT2D eigenvalue weighted by Crippen LogP contribution is -2.41. The molecule has 1 N–H and O–H groups in total. The van der Waals surface area contributed by atoms with Gasteiger partial charge in [0.15, 0.2) is 12.4 Å². The average molecular weight is 257 g/mol. The van der Waals surface area contributed by atoms with Gasteiger partial charge in [-0.25, -0.2) is 0 Å². The van der Waals surface area contributed by atoms with E-state index in [0.717, 1.165) is 10.8 Å². The molecule has 96 valence electrons. The number of carboxylic acid groups (broad SMARTS) is 1. The van der Waals surface area contributed by atoms with Crippen molar-refractivity contribution in [2.75, 3.05) is 18.1 Å². The summed E-state index contributed by atoms with van der Waals surface area (Å²) in [5.74, 6) is -0.821. The van der Waals surface area contributed by atoms with Gasteiger partial charge in [0.25, 0.3) is 5.91 Å². The molecule has 0 spiro atoms. The monoisotopic (exact) mass is 257 g/mol. The van der Waals surface area contributed by atoms with Gasteiger partial charge in [-0.1, -0.05) is 30.3 Å². The van der Waals surface area contributed by atoms with Gasteiger partial charge >= 0.3 is 5.97 Å². The fraction of sp³-hybridized carbons (Fsp3) is 0.143. The van der Waals surface area contributed by atoms with Gasteiger partial charge < -0.3 is 9.84 Å². The summed E-state index contributed by atoms with van der Waals surface area (Å²) < 4.78 is 5.48. The number of ether oxygens (including phenoxy) is 1. The Kier molecular flexibility index (Phi) is 2.59. The number of hydrogen-bond donors (Lipinski definition) is 1. The largest absolute Gasteiger partial charge is 0.481 e. The summed E-state index contributed by atoms with van der Waals surface area (Å²) in [7, 11) is 0. The summed E-state index contributed by atoms with van der Waals surface area (Å²) in [5, 5.41) is 10.8. The first kappa shape index (κ1) is 11.5. The molecule has 0 unspecified atom stereocenters. The minimum Gasteiger partial charge on any atom is -0.481 e. The Balaban J connectivity index is 2.18. The van der Waals surface area contributed by atoms with Gasteiger partial charge in [0.1, 0.15) is 6.54 Å². The van der Waals surface area contributed by atoms with Crippen LogP contribution >= 0.6 is 0 Å². The molecule has 0 aliphatic carbocycles. The second-order valence-corrected chi connectivity index (χ2v) is 4.30. The number of anilines is 1. The number of carboxylic acids is 1. The third-order valence-electron chi connectivity index (χ3n) is 3.08. The Hall–Kier alpha value is -2.56. The topological polar surface area (TPSA) is 66.8 Å². The maximum absolute atomic E-state index is 11.8. The fourth-order valence-corrected chi connectivity index (χ4v) is 2.25. The summed E-state index contributed by atoms with van der Waals surface area (Å²) in [5.41, 5.74) is 0.511. The van der Waals surface area contributed by atoms with Crippen molar-refractivity contribution in [1.29, 1.82) is 0 Å². The van der Waals surface area contributed by atoms with E-state index in [-0.39, 0.29) is 19.1 Å². The molecule has 5 nitrogen and oxygen atoms in total. The lowest BCUT2D eigenvalue weighted by atomic mass is 10.1. The maximum Gasteiger partial charge on any atom is 0.323 e. The third kappa shape index (κ3) is 1.89. The molecule has 1 amide bonds. The van der Waals surface area contributed by atoms with E-state index in [2.05, 4.69) is 0 Å². The molecule has 0 saturated heterocycles. The van der Waals surface area contributed by atoms with E-state index in [1.54, 1.807) is 6.07 Å². The van der Waals surface area contributed by atoms with E-state index in [9.17, 15) is 9.59 Å². The molecule has 19 heavy (non-hydrogen) atoms. The SMILES string of the molecule is O=C(O)CN1C(=O)COc2c1ccc1ccccc21. The summed E-state index contributed by atoms with van der Waals surface area (Å²) in [6.07, 6.45) is 0. The van der Waals surface area contributed by atoms with Crippen LogP contribution in [0.2, 0.25) is 0 Å². The summed E-state index contributed by atoms with van der Waals surface area (Å²) in [6, 6.07) is 11.2. The van der Waals surface area contributed by atoms with Crippen molar-refractivity contribution in [1.82, 2.24) is 0 Å². The molecule has 1 aliphatic rings. The number of carbonyl (C=O) groups excluding carboxylic acids is 1. The molecule has 0 bridgehead atoms. The Morgan fingerprint density at radius 2 is 2.05 bits per heavy atom. The lowest BCUT2D eigenvalue weighted by molar-refractivity contribution is -0.137. The molecule has 1 aliphatic heterocycles. The molecule has 2 aromatic carbocycles. The number of nitrogens with zero attached hydrogens (tertiary/aromatic N) is 1. The normalized spacial score (nSPS) is 14.1. The highest BCUT2D eigenvalue weighted by molar-refractivity contribution is 6.05. The van der Waals surface area contributed by atoms with Gasteiger partial charge in [0, 0.05) is 5.39 Å². The molecule has 2 aromatic rings. The molecular formula is C14H11NO4. The van der Waals surface area contributed by atoms with Crippen LogP contribution in [0.25, 0.3) is 10.8 Å². The van der Waals surface area contributed by atoms with Crippen molar-refractivity contribution in [3.05, 3.63) is 36.4 Å². The van der Waals surface area contributed by atoms with Crippen molar-refractivity contribution in [3.63, 3.8) is 0 Å². The molecule has 0 aromatic heterocycles. The van der Waals surface area contributed by atoms with Crippen LogP contribution in [0.5, 0.6) is 5.75 Å². The van der Waals surface area contributed by atoms with Crippen molar-refractivity contribution < 1.29 is 19.4 Å². The minimum absolute atomic E-state index is 0.131. The van der Waals surface area contributed by atoms with Crippen molar-refractivity contribution in [2.24, 2.45) is 0 Å². The summed E-state index contributed by atoms with van der Waals surface area (Å²) in [4.78, 5) is 23.9. The molecule has 3 rings (SSSR count). The van der Waals surface area contributed by atoms with Crippen LogP contribution in [0.1, 0.15) is 0 Å². The smallest absolute Gasteiger partial charge is 0.323 e. The van der Waals surface area contributed by atoms with Crippen molar-refractivity contribution in [3.8, 4) is 5.75 Å². The quantitative estimate of drug-likeness (QED) is 0.888. The van der Waals surface area contributed by atoms with Crippen molar-refractivity contribution >= 4 is 28.3 Å². The van der Waals surface area contributed by atoms with Crippen LogP contribution < -0.4 is 9.64 Å². The Morgan fingerprint density at radius 1 is 1.26 bits per heavy atom. The Morgan fingerprint density at radius 3 is 2.84 bits per heavy atom. The molecular weight excluding hydrogens is 246 g/mol. The third-order valence-corrected chi connectivity index (χ3v) is 3.08. The van der Waals surface area contributed by atoms with Crippen LogP contribution in [0.3, 0.4) is 0 Å². The first-order valence-electron chi connectivity index (χ1n) is 5.83. The zero-order chi connectivity index (χ0) is 13.4. The minimum atomic E-state index is -1.05. The van der Waals surface area contributed by atoms with Crippen LogP contribution in [0.4, 0.5) is 5.69 Å². The highest BCUT2D eigenvalue weighted by Gasteiger charge is 2.28. The zero-order valence-electron chi connectivity index (χ0n) is 10.00. The van der Waals surface area contributed by atoms with Gasteiger partial charge in [0.05, 0.1) is 5.69 Å². The number of rotatable bonds is 2. The van der Waals surface area contributed by atoms with E-state index < -0.39 is 5.97 Å². The predicted octanol–water partition coefficient (Wildman–Crippen LogP) is 1.65. The van der Waals surface area contributed by atoms with E-state index in [1.165, 1.54) is 4.90 Å². The average Bonchev–Trinajstić information content (AvgIpc) is 2.41. The second kappa shape index (κ2) is 4.28. The van der Waals surface area contributed by atoms with Crippen LogP contribution in [-0.4, -0.2) is 30.1 Å². The first-order valence-corrected chi connectivity index (χ1v) is 5.83. The van der Waals surface area contributed by atoms with Crippen LogP contribution in [-0.2, 0) is 9.59 Å². The van der Waals surface area contributed by atoms with Crippen LogP contribution in [0, 0.1) is 0 Å². The van der Waals surface area contributed by atoms with E-state index >= 15 is 0 Å². The molecule has 1 heterocycles. The number of aliphatic carboxylic acids is 1. The van der Waals surface area contributed by atoms with E-state index in [0.29, 0.717) is 11.4 Å². The van der Waals surface area contributed by atoms with Gasteiger partial charge in [-0.15, -0.1) is 0 Å². The number of benzene rings is 2. The number of carbonyl (C=O) groups is 2. The molecule has 0 fully saturated rings. The van der Waals surface area contributed by atoms with Crippen molar-refractivity contribution in [2.45, 2.75) is 0 Å². The Labute approximate surface area is 109 Å². The number of fused-ring (bicyclic) bond motifs is 3. The van der Waals surface area contributed by atoms with E-state index in [4.69, 9.17) is 9.84 Å². The van der Waals surface area contributed by atoms with Crippen LogP contribution in [0.15, 0.2) is 36.4 Å². The second-order valence-electron chi connectivity index (χ2n) is 4.30. The molecule has 0 saturated carbocycles.